The maximum atomic E-state index is 5.67. The Morgan fingerprint density at radius 3 is 2.86 bits per heavy atom. The Morgan fingerprint density at radius 1 is 1.29 bits per heavy atom. The standard InChI is InChI=1S/C11H10BrNS/c12-10-3-1-2-8(4-10)11-7-14-6-9(11)5-13/h1-4,6-7H,5,13H2. The van der Waals surface area contributed by atoms with Crippen LogP contribution in [0, 0.1) is 0 Å². The lowest BCUT2D eigenvalue weighted by Gasteiger charge is -2.02. The van der Waals surface area contributed by atoms with Crippen molar-refractivity contribution in [1.29, 1.82) is 0 Å². The molecule has 0 aliphatic heterocycles. The molecule has 14 heavy (non-hydrogen) atoms. The van der Waals surface area contributed by atoms with E-state index in [0.717, 1.165) is 4.47 Å². The van der Waals surface area contributed by atoms with Gasteiger partial charge in [-0.25, -0.2) is 0 Å². The fourth-order valence-electron chi connectivity index (χ4n) is 1.39. The third-order valence-corrected chi connectivity index (χ3v) is 3.38. The van der Waals surface area contributed by atoms with Crippen LogP contribution in [0.4, 0.5) is 0 Å². The second-order valence-electron chi connectivity index (χ2n) is 3.03. The second kappa shape index (κ2) is 4.26. The van der Waals surface area contributed by atoms with Crippen LogP contribution in [0.5, 0.6) is 0 Å². The first-order valence-corrected chi connectivity index (χ1v) is 6.06. The summed E-state index contributed by atoms with van der Waals surface area (Å²) < 4.78 is 1.10. The van der Waals surface area contributed by atoms with Gasteiger partial charge in [-0.05, 0) is 39.6 Å². The van der Waals surface area contributed by atoms with Gasteiger partial charge in [0.1, 0.15) is 0 Å². The lowest BCUT2D eigenvalue weighted by atomic mass is 10.1. The van der Waals surface area contributed by atoms with Crippen molar-refractivity contribution < 1.29 is 0 Å². The first-order valence-electron chi connectivity index (χ1n) is 4.32. The molecule has 2 rings (SSSR count). The molecule has 0 aliphatic rings. The predicted octanol–water partition coefficient (Wildman–Crippen LogP) is 3.64. The Hall–Kier alpha value is -0.640. The van der Waals surface area contributed by atoms with E-state index in [9.17, 15) is 0 Å². The Labute approximate surface area is 95.7 Å². The molecule has 1 aromatic heterocycles. The van der Waals surface area contributed by atoms with Gasteiger partial charge in [0.05, 0.1) is 0 Å². The summed E-state index contributed by atoms with van der Waals surface area (Å²) in [5.74, 6) is 0. The second-order valence-corrected chi connectivity index (χ2v) is 4.68. The van der Waals surface area contributed by atoms with Crippen LogP contribution < -0.4 is 5.73 Å². The SMILES string of the molecule is NCc1cscc1-c1cccc(Br)c1. The van der Waals surface area contributed by atoms with Crippen molar-refractivity contribution in [2.24, 2.45) is 5.73 Å². The molecule has 2 aromatic rings. The van der Waals surface area contributed by atoms with Crippen LogP contribution in [0.15, 0.2) is 39.5 Å². The van der Waals surface area contributed by atoms with Crippen LogP contribution in [-0.4, -0.2) is 0 Å². The summed E-state index contributed by atoms with van der Waals surface area (Å²) in [5, 5.41) is 4.25. The summed E-state index contributed by atoms with van der Waals surface area (Å²) in [5.41, 5.74) is 9.35. The van der Waals surface area contributed by atoms with Crippen LogP contribution >= 0.6 is 27.3 Å². The number of benzene rings is 1. The third kappa shape index (κ3) is 1.90. The average Bonchev–Trinajstić information content (AvgIpc) is 2.65. The Bertz CT molecular complexity index is 436. The zero-order valence-corrected chi connectivity index (χ0v) is 9.94. The fraction of sp³-hybridized carbons (Fsp3) is 0.0909. The van der Waals surface area contributed by atoms with Gasteiger partial charge in [0.25, 0.3) is 0 Å². The van der Waals surface area contributed by atoms with Gasteiger partial charge < -0.3 is 5.73 Å². The van der Waals surface area contributed by atoms with Gasteiger partial charge >= 0.3 is 0 Å². The van der Waals surface area contributed by atoms with Crippen molar-refractivity contribution in [2.75, 3.05) is 0 Å². The van der Waals surface area contributed by atoms with Crippen molar-refractivity contribution >= 4 is 27.3 Å². The van der Waals surface area contributed by atoms with Gasteiger partial charge in [-0.3, -0.25) is 0 Å². The molecule has 0 atom stereocenters. The first kappa shape index (κ1) is 9.90. The highest BCUT2D eigenvalue weighted by Gasteiger charge is 2.04. The van der Waals surface area contributed by atoms with E-state index in [0.29, 0.717) is 6.54 Å². The Kier molecular flexibility index (Phi) is 3.01. The molecule has 3 heteroatoms. The molecule has 0 spiro atoms. The predicted molar refractivity (Wildman–Crippen MR) is 65.3 cm³/mol. The minimum absolute atomic E-state index is 0.603. The molecule has 0 fully saturated rings. The van der Waals surface area contributed by atoms with Crippen LogP contribution in [0.3, 0.4) is 0 Å². The molecule has 0 amide bonds. The van der Waals surface area contributed by atoms with Crippen molar-refractivity contribution in [2.45, 2.75) is 6.54 Å². The summed E-state index contributed by atoms with van der Waals surface area (Å²) in [7, 11) is 0. The molecule has 0 radical (unpaired) electrons. The number of thiophene rings is 1. The molecular formula is C11H10BrNS. The molecule has 0 saturated carbocycles. The molecule has 0 bridgehead atoms. The molecular weight excluding hydrogens is 258 g/mol. The molecule has 0 aliphatic carbocycles. The quantitative estimate of drug-likeness (QED) is 0.884. The molecule has 1 aromatic carbocycles. The smallest absolute Gasteiger partial charge is 0.0192 e. The number of nitrogens with two attached hydrogens (primary N) is 1. The highest BCUT2D eigenvalue weighted by atomic mass is 79.9. The largest absolute Gasteiger partial charge is 0.326 e. The van der Waals surface area contributed by atoms with Crippen LogP contribution in [0.1, 0.15) is 5.56 Å². The zero-order chi connectivity index (χ0) is 9.97. The van der Waals surface area contributed by atoms with Gasteiger partial charge in [0.2, 0.25) is 0 Å². The summed E-state index contributed by atoms with van der Waals surface area (Å²) in [4.78, 5) is 0. The van der Waals surface area contributed by atoms with E-state index in [1.807, 2.05) is 12.1 Å². The van der Waals surface area contributed by atoms with Crippen LogP contribution in [0.2, 0.25) is 0 Å². The van der Waals surface area contributed by atoms with E-state index < -0.39 is 0 Å². The number of hydrogen-bond donors (Lipinski definition) is 1. The van der Waals surface area contributed by atoms with Gasteiger partial charge in [-0.15, -0.1) is 0 Å². The molecule has 1 heterocycles. The summed E-state index contributed by atoms with van der Waals surface area (Å²) in [6.07, 6.45) is 0. The van der Waals surface area contributed by atoms with E-state index in [2.05, 4.69) is 38.8 Å². The van der Waals surface area contributed by atoms with E-state index in [-0.39, 0.29) is 0 Å². The normalized spacial score (nSPS) is 10.4. The van der Waals surface area contributed by atoms with Gasteiger partial charge in [-0.1, -0.05) is 28.1 Å². The summed E-state index contributed by atoms with van der Waals surface area (Å²) in [6.45, 7) is 0.603. The number of rotatable bonds is 2. The molecule has 72 valence electrons. The van der Waals surface area contributed by atoms with E-state index in [4.69, 9.17) is 5.73 Å². The van der Waals surface area contributed by atoms with Crippen LogP contribution in [0.25, 0.3) is 11.1 Å². The molecule has 2 N–H and O–H groups in total. The molecule has 0 saturated heterocycles. The van der Waals surface area contributed by atoms with E-state index in [1.165, 1.54) is 16.7 Å². The van der Waals surface area contributed by atoms with Gasteiger partial charge in [-0.2, -0.15) is 11.3 Å². The van der Waals surface area contributed by atoms with Crippen molar-refractivity contribution in [3.63, 3.8) is 0 Å². The Morgan fingerprint density at radius 2 is 2.14 bits per heavy atom. The number of hydrogen-bond acceptors (Lipinski definition) is 2. The summed E-state index contributed by atoms with van der Waals surface area (Å²) >= 11 is 5.16. The van der Waals surface area contributed by atoms with E-state index in [1.54, 1.807) is 11.3 Å². The highest BCUT2D eigenvalue weighted by molar-refractivity contribution is 9.10. The minimum Gasteiger partial charge on any atom is -0.326 e. The highest BCUT2D eigenvalue weighted by Crippen LogP contribution is 2.28. The van der Waals surface area contributed by atoms with E-state index >= 15 is 0 Å². The van der Waals surface area contributed by atoms with Gasteiger partial charge in [0.15, 0.2) is 0 Å². The number of halogens is 1. The Balaban J connectivity index is 2.49. The fourth-order valence-corrected chi connectivity index (χ4v) is 2.67. The lowest BCUT2D eigenvalue weighted by molar-refractivity contribution is 1.08. The third-order valence-electron chi connectivity index (χ3n) is 2.10. The van der Waals surface area contributed by atoms with Crippen molar-refractivity contribution in [3.8, 4) is 11.1 Å². The maximum absolute atomic E-state index is 5.67. The van der Waals surface area contributed by atoms with Crippen molar-refractivity contribution in [1.82, 2.24) is 0 Å². The topological polar surface area (TPSA) is 26.0 Å². The monoisotopic (exact) mass is 267 g/mol. The first-order chi connectivity index (χ1) is 6.81. The van der Waals surface area contributed by atoms with Gasteiger partial charge in [0, 0.05) is 11.0 Å². The maximum Gasteiger partial charge on any atom is 0.0192 e. The van der Waals surface area contributed by atoms with Crippen LogP contribution in [-0.2, 0) is 6.54 Å². The lowest BCUT2D eigenvalue weighted by Crippen LogP contribution is -1.95. The van der Waals surface area contributed by atoms with Crippen molar-refractivity contribution in [3.05, 3.63) is 45.1 Å². The molecule has 0 unspecified atom stereocenters. The minimum atomic E-state index is 0.603. The molecule has 1 nitrogen and oxygen atoms in total. The zero-order valence-electron chi connectivity index (χ0n) is 7.53. The average molecular weight is 268 g/mol. The summed E-state index contributed by atoms with van der Waals surface area (Å²) in [6, 6.07) is 8.28.